The Morgan fingerprint density at radius 2 is 1.61 bits per heavy atom. The highest BCUT2D eigenvalue weighted by molar-refractivity contribution is 6.30. The van der Waals surface area contributed by atoms with Crippen LogP contribution < -0.4 is 4.90 Å². The molecule has 0 unspecified atom stereocenters. The Morgan fingerprint density at radius 1 is 0.957 bits per heavy atom. The Kier molecular flexibility index (Phi) is 4.48. The third-order valence-electron chi connectivity index (χ3n) is 3.91. The molecule has 3 nitrogen and oxygen atoms in total. The molecule has 1 heterocycles. The van der Waals surface area contributed by atoms with Crippen molar-refractivity contribution >= 4 is 23.2 Å². The van der Waals surface area contributed by atoms with E-state index in [2.05, 4.69) is 0 Å². The summed E-state index contributed by atoms with van der Waals surface area (Å²) < 4.78 is 26.8. The largest absolute Gasteiger partial charge is 0.366 e. The lowest BCUT2D eigenvalue weighted by molar-refractivity contribution is 0.0746. The first-order chi connectivity index (χ1) is 11.0. The molecular formula is C17H15ClF2N2O. The highest BCUT2D eigenvalue weighted by atomic mass is 35.5. The van der Waals surface area contributed by atoms with Gasteiger partial charge in [0, 0.05) is 42.8 Å². The molecule has 0 radical (unpaired) electrons. The topological polar surface area (TPSA) is 23.6 Å². The second kappa shape index (κ2) is 6.54. The van der Waals surface area contributed by atoms with Crippen molar-refractivity contribution in [3.63, 3.8) is 0 Å². The van der Waals surface area contributed by atoms with Crippen LogP contribution in [0.3, 0.4) is 0 Å². The Hall–Kier alpha value is -2.14. The van der Waals surface area contributed by atoms with E-state index >= 15 is 0 Å². The van der Waals surface area contributed by atoms with Gasteiger partial charge < -0.3 is 9.80 Å². The Morgan fingerprint density at radius 3 is 2.22 bits per heavy atom. The molecule has 0 bridgehead atoms. The van der Waals surface area contributed by atoms with Crippen molar-refractivity contribution in [2.45, 2.75) is 0 Å². The highest BCUT2D eigenvalue weighted by Gasteiger charge is 2.23. The van der Waals surface area contributed by atoms with Gasteiger partial charge in [-0.1, -0.05) is 11.6 Å². The van der Waals surface area contributed by atoms with Crippen LogP contribution in [0.4, 0.5) is 14.5 Å². The fraction of sp³-hybridized carbons (Fsp3) is 0.235. The van der Waals surface area contributed by atoms with E-state index in [1.165, 1.54) is 12.1 Å². The van der Waals surface area contributed by atoms with E-state index < -0.39 is 11.6 Å². The number of hydrogen-bond acceptors (Lipinski definition) is 2. The van der Waals surface area contributed by atoms with Crippen LogP contribution in [0.5, 0.6) is 0 Å². The first-order valence-corrected chi connectivity index (χ1v) is 7.67. The van der Waals surface area contributed by atoms with Crippen LogP contribution in [0.2, 0.25) is 5.02 Å². The number of carbonyl (C=O) groups excluding carboxylic acids is 1. The van der Waals surface area contributed by atoms with Crippen molar-refractivity contribution in [2.75, 3.05) is 31.1 Å². The Balaban J connectivity index is 1.66. The van der Waals surface area contributed by atoms with E-state index in [-0.39, 0.29) is 5.91 Å². The minimum atomic E-state index is -0.595. The molecule has 1 amide bonds. The van der Waals surface area contributed by atoms with E-state index in [0.29, 0.717) is 42.5 Å². The number of carbonyl (C=O) groups is 1. The molecule has 0 atom stereocenters. The monoisotopic (exact) mass is 336 g/mol. The second-order valence-electron chi connectivity index (χ2n) is 5.38. The van der Waals surface area contributed by atoms with Gasteiger partial charge in [0.15, 0.2) is 0 Å². The van der Waals surface area contributed by atoms with Crippen molar-refractivity contribution in [3.8, 4) is 0 Å². The van der Waals surface area contributed by atoms with Gasteiger partial charge in [0.05, 0.1) is 5.69 Å². The average molecular weight is 337 g/mol. The van der Waals surface area contributed by atoms with Crippen LogP contribution in [0.1, 0.15) is 10.4 Å². The summed E-state index contributed by atoms with van der Waals surface area (Å²) >= 11 is 5.82. The van der Waals surface area contributed by atoms with Crippen molar-refractivity contribution in [1.82, 2.24) is 4.90 Å². The SMILES string of the molecule is O=C(c1ccc(Cl)cc1)N1CCN(c2ccc(F)cc2F)CC1. The van der Waals surface area contributed by atoms with Gasteiger partial charge >= 0.3 is 0 Å². The number of benzene rings is 2. The zero-order valence-electron chi connectivity index (χ0n) is 12.3. The molecular weight excluding hydrogens is 322 g/mol. The van der Waals surface area contributed by atoms with E-state index in [1.807, 2.05) is 4.90 Å². The maximum Gasteiger partial charge on any atom is 0.253 e. The van der Waals surface area contributed by atoms with Gasteiger partial charge in [-0.05, 0) is 36.4 Å². The molecule has 3 rings (SSSR count). The molecule has 1 aliphatic heterocycles. The zero-order chi connectivity index (χ0) is 16.4. The maximum absolute atomic E-state index is 13.8. The summed E-state index contributed by atoms with van der Waals surface area (Å²) in [5.41, 5.74) is 0.945. The predicted molar refractivity (Wildman–Crippen MR) is 85.9 cm³/mol. The van der Waals surface area contributed by atoms with Crippen LogP contribution >= 0.6 is 11.6 Å². The molecule has 0 saturated carbocycles. The van der Waals surface area contributed by atoms with Gasteiger partial charge in [-0.25, -0.2) is 8.78 Å². The average Bonchev–Trinajstić information content (AvgIpc) is 2.55. The van der Waals surface area contributed by atoms with Gasteiger partial charge in [0.1, 0.15) is 11.6 Å². The maximum atomic E-state index is 13.8. The Bertz CT molecular complexity index is 713. The van der Waals surface area contributed by atoms with Gasteiger partial charge in [-0.15, -0.1) is 0 Å². The quantitative estimate of drug-likeness (QED) is 0.837. The number of halogens is 3. The molecule has 1 aliphatic rings. The molecule has 0 spiro atoms. The smallest absolute Gasteiger partial charge is 0.253 e. The third-order valence-corrected chi connectivity index (χ3v) is 4.16. The van der Waals surface area contributed by atoms with Gasteiger partial charge in [-0.2, -0.15) is 0 Å². The molecule has 2 aromatic rings. The number of nitrogens with zero attached hydrogens (tertiary/aromatic N) is 2. The minimum Gasteiger partial charge on any atom is -0.366 e. The fourth-order valence-electron chi connectivity index (χ4n) is 2.66. The summed E-state index contributed by atoms with van der Waals surface area (Å²) in [5, 5.41) is 0.582. The number of amides is 1. The van der Waals surface area contributed by atoms with Crippen LogP contribution in [-0.2, 0) is 0 Å². The summed E-state index contributed by atoms with van der Waals surface area (Å²) in [5.74, 6) is -1.24. The molecule has 6 heteroatoms. The van der Waals surface area contributed by atoms with E-state index in [0.717, 1.165) is 6.07 Å². The van der Waals surface area contributed by atoms with Crippen molar-refractivity contribution in [1.29, 1.82) is 0 Å². The third kappa shape index (κ3) is 3.45. The van der Waals surface area contributed by atoms with Crippen molar-refractivity contribution < 1.29 is 13.6 Å². The van der Waals surface area contributed by atoms with Crippen molar-refractivity contribution in [3.05, 3.63) is 64.7 Å². The van der Waals surface area contributed by atoms with E-state index in [4.69, 9.17) is 11.6 Å². The standard InChI is InChI=1S/C17H15ClF2N2O/c18-13-3-1-12(2-4-13)17(23)22-9-7-21(8-10-22)16-6-5-14(19)11-15(16)20/h1-6,11H,7-10H2. The fourth-order valence-corrected chi connectivity index (χ4v) is 2.79. The molecule has 23 heavy (non-hydrogen) atoms. The first-order valence-electron chi connectivity index (χ1n) is 7.29. The number of hydrogen-bond donors (Lipinski definition) is 0. The highest BCUT2D eigenvalue weighted by Crippen LogP contribution is 2.22. The lowest BCUT2D eigenvalue weighted by atomic mass is 10.1. The molecule has 120 valence electrons. The molecule has 1 fully saturated rings. The van der Waals surface area contributed by atoms with Gasteiger partial charge in [-0.3, -0.25) is 4.79 Å². The molecule has 1 saturated heterocycles. The van der Waals surface area contributed by atoms with Gasteiger partial charge in [0.25, 0.3) is 5.91 Å². The first kappa shape index (κ1) is 15.7. The molecule has 0 aliphatic carbocycles. The summed E-state index contributed by atoms with van der Waals surface area (Å²) in [6.45, 7) is 1.97. The summed E-state index contributed by atoms with van der Waals surface area (Å²) in [6.07, 6.45) is 0. The number of rotatable bonds is 2. The van der Waals surface area contributed by atoms with E-state index in [1.54, 1.807) is 29.2 Å². The van der Waals surface area contributed by atoms with Crippen LogP contribution in [0.25, 0.3) is 0 Å². The van der Waals surface area contributed by atoms with Gasteiger partial charge in [0.2, 0.25) is 0 Å². The summed E-state index contributed by atoms with van der Waals surface area (Å²) in [7, 11) is 0. The van der Waals surface area contributed by atoms with Crippen LogP contribution in [0.15, 0.2) is 42.5 Å². The number of piperazine rings is 1. The molecule has 0 N–H and O–H groups in total. The van der Waals surface area contributed by atoms with Crippen molar-refractivity contribution in [2.24, 2.45) is 0 Å². The molecule has 0 aromatic heterocycles. The summed E-state index contributed by atoms with van der Waals surface area (Å²) in [6, 6.07) is 10.3. The zero-order valence-corrected chi connectivity index (χ0v) is 13.1. The lowest BCUT2D eigenvalue weighted by Crippen LogP contribution is -2.49. The number of anilines is 1. The van der Waals surface area contributed by atoms with Crippen LogP contribution in [0, 0.1) is 11.6 Å². The minimum absolute atomic E-state index is 0.0686. The lowest BCUT2D eigenvalue weighted by Gasteiger charge is -2.36. The summed E-state index contributed by atoms with van der Waals surface area (Å²) in [4.78, 5) is 15.9. The predicted octanol–water partition coefficient (Wildman–Crippen LogP) is 3.58. The van der Waals surface area contributed by atoms with E-state index in [9.17, 15) is 13.6 Å². The second-order valence-corrected chi connectivity index (χ2v) is 5.82. The van der Waals surface area contributed by atoms with Crippen LogP contribution in [-0.4, -0.2) is 37.0 Å². The Labute approximate surface area is 138 Å². The molecule has 2 aromatic carbocycles. The normalized spacial score (nSPS) is 14.9.